The lowest BCUT2D eigenvalue weighted by Crippen LogP contribution is -2.39. The minimum absolute atomic E-state index is 0.101. The summed E-state index contributed by atoms with van der Waals surface area (Å²) in [5.41, 5.74) is -0.415. The first-order valence-electron chi connectivity index (χ1n) is 8.06. The van der Waals surface area contributed by atoms with Crippen LogP contribution in [-0.4, -0.2) is 23.8 Å². The number of rotatable bonds is 2. The highest BCUT2D eigenvalue weighted by atomic mass is 19.4. The Bertz CT molecular complexity index is 1080. The highest BCUT2D eigenvalue weighted by Crippen LogP contribution is 2.33. The summed E-state index contributed by atoms with van der Waals surface area (Å²) in [6.45, 7) is 1.48. The Kier molecular flexibility index (Phi) is 4.69. The van der Waals surface area contributed by atoms with E-state index in [4.69, 9.17) is 9.68 Å². The lowest BCUT2D eigenvalue weighted by atomic mass is 9.95. The Morgan fingerprint density at radius 3 is 2.50 bits per heavy atom. The van der Waals surface area contributed by atoms with Gasteiger partial charge in [-0.25, -0.2) is 0 Å². The number of likely N-dealkylation sites (N-methyl/N-ethyl adjacent to an activating group) is 1. The predicted octanol–water partition coefficient (Wildman–Crippen LogP) is 4.19. The number of benzene rings is 1. The van der Waals surface area contributed by atoms with Crippen LogP contribution in [0.5, 0.6) is 0 Å². The van der Waals surface area contributed by atoms with Gasteiger partial charge in [-0.2, -0.15) is 18.4 Å². The summed E-state index contributed by atoms with van der Waals surface area (Å²) in [5, 5.41) is 9.16. The van der Waals surface area contributed by atoms with Crippen LogP contribution in [0.1, 0.15) is 18.2 Å². The van der Waals surface area contributed by atoms with Crippen LogP contribution in [0, 0.1) is 11.3 Å². The van der Waals surface area contributed by atoms with Gasteiger partial charge in [-0.3, -0.25) is 14.5 Å². The predicted molar refractivity (Wildman–Crippen MR) is 93.2 cm³/mol. The molecule has 0 atom stereocenters. The molecule has 2 aromatic rings. The van der Waals surface area contributed by atoms with Crippen LogP contribution in [0.25, 0.3) is 17.4 Å². The van der Waals surface area contributed by atoms with Gasteiger partial charge in [-0.1, -0.05) is 12.1 Å². The highest BCUT2D eigenvalue weighted by Gasteiger charge is 2.33. The normalized spacial score (nSPS) is 16.7. The minimum atomic E-state index is -4.48. The van der Waals surface area contributed by atoms with Gasteiger partial charge in [0, 0.05) is 18.2 Å². The van der Waals surface area contributed by atoms with Gasteiger partial charge in [-0.05, 0) is 42.8 Å². The van der Waals surface area contributed by atoms with Crippen LogP contribution < -0.4 is 0 Å². The number of halogens is 3. The van der Waals surface area contributed by atoms with Gasteiger partial charge in [0.05, 0.1) is 5.56 Å². The topological polar surface area (TPSA) is 74.3 Å². The third-order valence-corrected chi connectivity index (χ3v) is 4.33. The van der Waals surface area contributed by atoms with Crippen molar-refractivity contribution in [3.05, 3.63) is 64.4 Å². The lowest BCUT2D eigenvalue weighted by molar-refractivity contribution is -0.139. The monoisotopic (exact) mass is 386 g/mol. The van der Waals surface area contributed by atoms with Crippen LogP contribution in [0.3, 0.4) is 0 Å². The van der Waals surface area contributed by atoms with Gasteiger partial charge in [0.2, 0.25) is 0 Å². The molecule has 3 rings (SSSR count). The van der Waals surface area contributed by atoms with Crippen molar-refractivity contribution in [2.45, 2.75) is 13.1 Å². The third-order valence-electron chi connectivity index (χ3n) is 4.33. The van der Waals surface area contributed by atoms with Crippen molar-refractivity contribution in [3.8, 4) is 17.4 Å². The van der Waals surface area contributed by atoms with Gasteiger partial charge in [-0.15, -0.1) is 0 Å². The number of imide groups is 1. The van der Waals surface area contributed by atoms with E-state index in [1.165, 1.54) is 44.3 Å². The fourth-order valence-corrected chi connectivity index (χ4v) is 2.77. The van der Waals surface area contributed by atoms with Crippen molar-refractivity contribution >= 4 is 17.9 Å². The first-order chi connectivity index (χ1) is 13.1. The minimum Gasteiger partial charge on any atom is -0.457 e. The molecule has 0 bridgehead atoms. The van der Waals surface area contributed by atoms with E-state index in [0.717, 1.165) is 17.0 Å². The molecule has 2 amide bonds. The first-order valence-corrected chi connectivity index (χ1v) is 8.06. The van der Waals surface area contributed by atoms with Gasteiger partial charge in [0.25, 0.3) is 11.8 Å². The van der Waals surface area contributed by atoms with Crippen LogP contribution in [0.4, 0.5) is 13.2 Å². The summed E-state index contributed by atoms with van der Waals surface area (Å²) >= 11 is 0. The summed E-state index contributed by atoms with van der Waals surface area (Å²) < 4.78 is 44.2. The molecule has 0 radical (unpaired) electrons. The van der Waals surface area contributed by atoms with Gasteiger partial charge < -0.3 is 4.42 Å². The maximum absolute atomic E-state index is 12.9. The van der Waals surface area contributed by atoms with Gasteiger partial charge in [0.15, 0.2) is 0 Å². The molecule has 0 saturated heterocycles. The molecule has 0 aliphatic carbocycles. The number of nitriles is 1. The molecule has 0 N–H and O–H groups in total. The molecule has 1 aromatic heterocycles. The Morgan fingerprint density at radius 2 is 1.86 bits per heavy atom. The van der Waals surface area contributed by atoms with E-state index in [2.05, 4.69) is 0 Å². The molecule has 0 unspecified atom stereocenters. The van der Waals surface area contributed by atoms with Crippen molar-refractivity contribution in [2.24, 2.45) is 0 Å². The average Bonchev–Trinajstić information content (AvgIpc) is 3.12. The highest BCUT2D eigenvalue weighted by molar-refractivity contribution is 6.19. The molecule has 1 aromatic carbocycles. The van der Waals surface area contributed by atoms with Crippen LogP contribution in [-0.2, 0) is 15.8 Å². The molecular weight excluding hydrogens is 373 g/mol. The number of carbonyl (C=O) groups is 2. The van der Waals surface area contributed by atoms with Crippen LogP contribution in [0.15, 0.2) is 57.5 Å². The van der Waals surface area contributed by atoms with Crippen molar-refractivity contribution in [3.63, 3.8) is 0 Å². The summed E-state index contributed by atoms with van der Waals surface area (Å²) in [6.07, 6.45) is -3.12. The smallest absolute Gasteiger partial charge is 0.416 e. The average molecular weight is 386 g/mol. The zero-order chi connectivity index (χ0) is 20.6. The van der Waals surface area contributed by atoms with E-state index in [1.54, 1.807) is 6.07 Å². The first kappa shape index (κ1) is 19.2. The van der Waals surface area contributed by atoms with E-state index in [0.29, 0.717) is 0 Å². The largest absolute Gasteiger partial charge is 0.457 e. The molecule has 2 heterocycles. The fraction of sp³-hybridized carbons (Fsp3) is 0.150. The van der Waals surface area contributed by atoms with Gasteiger partial charge >= 0.3 is 6.18 Å². The molecular formula is C20H13F3N2O3. The second-order valence-corrected chi connectivity index (χ2v) is 6.12. The van der Waals surface area contributed by atoms with E-state index < -0.39 is 23.6 Å². The lowest BCUT2D eigenvalue weighted by Gasteiger charge is -2.23. The van der Waals surface area contributed by atoms with E-state index >= 15 is 0 Å². The SMILES string of the molecule is CC1=C(C#N)C(=O)N(C)C(=O)/C1=C\c1ccc(-c2cccc(C(F)(F)F)c2)o1. The maximum Gasteiger partial charge on any atom is 0.416 e. The van der Waals surface area contributed by atoms with Crippen molar-refractivity contribution in [1.29, 1.82) is 5.26 Å². The zero-order valence-corrected chi connectivity index (χ0v) is 14.8. The summed E-state index contributed by atoms with van der Waals surface area (Å²) in [6, 6.07) is 9.42. The molecule has 1 aliphatic rings. The Hall–Kier alpha value is -3.60. The van der Waals surface area contributed by atoms with Crippen molar-refractivity contribution < 1.29 is 27.2 Å². The number of hydrogen-bond donors (Lipinski definition) is 0. The molecule has 28 heavy (non-hydrogen) atoms. The molecule has 0 saturated carbocycles. The maximum atomic E-state index is 12.9. The van der Waals surface area contributed by atoms with Crippen LogP contribution >= 0.6 is 0 Å². The third kappa shape index (κ3) is 3.34. The quantitative estimate of drug-likeness (QED) is 0.573. The molecule has 0 spiro atoms. The summed E-state index contributed by atoms with van der Waals surface area (Å²) in [4.78, 5) is 25.2. The second-order valence-electron chi connectivity index (χ2n) is 6.12. The van der Waals surface area contributed by atoms with Crippen molar-refractivity contribution in [2.75, 3.05) is 7.05 Å². The number of nitrogens with zero attached hydrogens (tertiary/aromatic N) is 2. The van der Waals surface area contributed by atoms with Gasteiger partial charge in [0.1, 0.15) is 23.2 Å². The Morgan fingerprint density at radius 1 is 1.14 bits per heavy atom. The molecule has 142 valence electrons. The number of carbonyl (C=O) groups excluding carboxylic acids is 2. The van der Waals surface area contributed by atoms with E-state index in [9.17, 15) is 22.8 Å². The Labute approximate surface area is 158 Å². The Balaban J connectivity index is 2.01. The molecule has 0 fully saturated rings. The summed E-state index contributed by atoms with van der Waals surface area (Å²) in [5.74, 6) is -0.896. The molecule has 5 nitrogen and oxygen atoms in total. The number of hydrogen-bond acceptors (Lipinski definition) is 4. The number of alkyl halides is 3. The van der Waals surface area contributed by atoms with Crippen LogP contribution in [0.2, 0.25) is 0 Å². The standard InChI is InChI=1S/C20H13F3N2O3/c1-11-15(18(26)25(2)19(27)16(11)10-24)9-14-6-7-17(28-14)12-4-3-5-13(8-12)20(21,22)23/h3-9H,1-2H3/b15-9-. The summed E-state index contributed by atoms with van der Waals surface area (Å²) in [7, 11) is 1.26. The zero-order valence-electron chi connectivity index (χ0n) is 14.8. The molecule has 8 heteroatoms. The second kappa shape index (κ2) is 6.85. The number of amides is 2. The van der Waals surface area contributed by atoms with Crippen molar-refractivity contribution in [1.82, 2.24) is 4.90 Å². The van der Waals surface area contributed by atoms with E-state index in [-0.39, 0.29) is 33.8 Å². The number of furan rings is 1. The van der Waals surface area contributed by atoms with E-state index in [1.807, 2.05) is 0 Å². The fourth-order valence-electron chi connectivity index (χ4n) is 2.77. The molecule has 1 aliphatic heterocycles.